The number of carbonyl (C=O) groups is 1. The smallest absolute Gasteiger partial charge is 0.243 e. The number of amides is 1. The normalized spacial score (nSPS) is 17.4. The molecule has 1 fully saturated rings. The molecule has 0 aliphatic carbocycles. The highest BCUT2D eigenvalue weighted by Gasteiger charge is 2.34. The summed E-state index contributed by atoms with van der Waals surface area (Å²) in [5.74, 6) is -0.561. The number of nitrogens with one attached hydrogen (secondary N) is 1. The Labute approximate surface area is 175 Å². The Kier molecular flexibility index (Phi) is 6.62. The Morgan fingerprint density at radius 1 is 1.13 bits per heavy atom. The average Bonchev–Trinajstić information content (AvgIpc) is 2.75. The van der Waals surface area contributed by atoms with Crippen molar-refractivity contribution in [1.82, 2.24) is 4.31 Å². The summed E-state index contributed by atoms with van der Waals surface area (Å²) in [7, 11) is -0.909. The van der Waals surface area contributed by atoms with E-state index in [4.69, 9.17) is 9.47 Å². The van der Waals surface area contributed by atoms with E-state index in [9.17, 15) is 17.6 Å². The van der Waals surface area contributed by atoms with Crippen LogP contribution < -0.4 is 14.8 Å². The van der Waals surface area contributed by atoms with E-state index < -0.39 is 21.8 Å². The maximum Gasteiger partial charge on any atom is 0.243 e. The third-order valence-corrected chi connectivity index (χ3v) is 7.07. The van der Waals surface area contributed by atoms with Crippen LogP contribution in [0.5, 0.6) is 11.5 Å². The first kappa shape index (κ1) is 22.0. The van der Waals surface area contributed by atoms with E-state index in [2.05, 4.69) is 5.32 Å². The van der Waals surface area contributed by atoms with Crippen LogP contribution in [-0.2, 0) is 14.8 Å². The molecular formula is C21H25FN2O5S. The van der Waals surface area contributed by atoms with Gasteiger partial charge in [0.15, 0.2) is 11.5 Å². The molecule has 1 amide bonds. The van der Waals surface area contributed by atoms with Crippen LogP contribution in [0.2, 0.25) is 0 Å². The van der Waals surface area contributed by atoms with Gasteiger partial charge in [0.25, 0.3) is 0 Å². The molecule has 0 aromatic heterocycles. The zero-order valence-corrected chi connectivity index (χ0v) is 18.0. The summed E-state index contributed by atoms with van der Waals surface area (Å²) < 4.78 is 51.4. The maximum atomic E-state index is 13.5. The van der Waals surface area contributed by atoms with Crippen molar-refractivity contribution in [2.45, 2.75) is 24.7 Å². The fraction of sp³-hybridized carbons (Fsp3) is 0.381. The molecule has 1 aliphatic heterocycles. The first-order chi connectivity index (χ1) is 14.3. The SMILES string of the molecule is COc1ccc(S(=O)(=O)N2CCC[C@@H](C(=O)Nc3cc(F)ccc3C)C2)cc1OC. The molecule has 1 atom stereocenters. The zero-order valence-electron chi connectivity index (χ0n) is 17.1. The van der Waals surface area contributed by atoms with Crippen molar-refractivity contribution in [2.75, 3.05) is 32.6 Å². The van der Waals surface area contributed by atoms with Gasteiger partial charge in [-0.15, -0.1) is 0 Å². The summed E-state index contributed by atoms with van der Waals surface area (Å²) in [5.41, 5.74) is 1.12. The molecule has 0 bridgehead atoms. The van der Waals surface area contributed by atoms with Crippen LogP contribution in [-0.4, -0.2) is 45.9 Å². The molecule has 1 saturated heterocycles. The third kappa shape index (κ3) is 4.57. The second-order valence-corrected chi connectivity index (χ2v) is 9.11. The van der Waals surface area contributed by atoms with E-state index in [0.717, 1.165) is 5.56 Å². The highest BCUT2D eigenvalue weighted by molar-refractivity contribution is 7.89. The van der Waals surface area contributed by atoms with Gasteiger partial charge in [0.05, 0.1) is 25.0 Å². The van der Waals surface area contributed by atoms with Gasteiger partial charge in [-0.3, -0.25) is 4.79 Å². The topological polar surface area (TPSA) is 84.9 Å². The first-order valence-electron chi connectivity index (χ1n) is 9.55. The molecule has 0 saturated carbocycles. The molecule has 0 spiro atoms. The molecule has 2 aromatic carbocycles. The van der Waals surface area contributed by atoms with E-state index in [1.54, 1.807) is 13.0 Å². The number of aryl methyl sites for hydroxylation is 1. The number of hydrogen-bond acceptors (Lipinski definition) is 5. The van der Waals surface area contributed by atoms with E-state index in [1.165, 1.54) is 48.9 Å². The second kappa shape index (κ2) is 9.01. The summed E-state index contributed by atoms with van der Waals surface area (Å²) >= 11 is 0. The predicted molar refractivity (Wildman–Crippen MR) is 111 cm³/mol. The lowest BCUT2D eigenvalue weighted by atomic mass is 9.98. The molecule has 7 nitrogen and oxygen atoms in total. The average molecular weight is 437 g/mol. The molecule has 0 unspecified atom stereocenters. The number of nitrogens with zero attached hydrogens (tertiary/aromatic N) is 1. The minimum Gasteiger partial charge on any atom is -0.493 e. The fourth-order valence-electron chi connectivity index (χ4n) is 3.46. The van der Waals surface area contributed by atoms with Crippen molar-refractivity contribution in [3.8, 4) is 11.5 Å². The molecule has 1 N–H and O–H groups in total. The summed E-state index contributed by atoms with van der Waals surface area (Å²) in [6, 6.07) is 8.56. The maximum absolute atomic E-state index is 13.5. The van der Waals surface area contributed by atoms with Crippen LogP contribution in [0.4, 0.5) is 10.1 Å². The summed E-state index contributed by atoms with van der Waals surface area (Å²) in [5, 5.41) is 2.73. The van der Waals surface area contributed by atoms with E-state index in [-0.39, 0.29) is 17.3 Å². The largest absolute Gasteiger partial charge is 0.493 e. The van der Waals surface area contributed by atoms with Crippen LogP contribution in [0.1, 0.15) is 18.4 Å². The van der Waals surface area contributed by atoms with Gasteiger partial charge in [-0.25, -0.2) is 12.8 Å². The highest BCUT2D eigenvalue weighted by Crippen LogP contribution is 2.32. The highest BCUT2D eigenvalue weighted by atomic mass is 32.2. The van der Waals surface area contributed by atoms with E-state index >= 15 is 0 Å². The molecule has 3 rings (SSSR count). The van der Waals surface area contributed by atoms with Crippen molar-refractivity contribution in [1.29, 1.82) is 0 Å². The number of sulfonamides is 1. The number of rotatable bonds is 6. The van der Waals surface area contributed by atoms with Crippen molar-refractivity contribution in [2.24, 2.45) is 5.92 Å². The van der Waals surface area contributed by atoms with Crippen LogP contribution in [0.25, 0.3) is 0 Å². The van der Waals surface area contributed by atoms with E-state index in [1.807, 2.05) is 0 Å². The zero-order chi connectivity index (χ0) is 21.9. The number of ether oxygens (including phenoxy) is 2. The second-order valence-electron chi connectivity index (χ2n) is 7.17. The summed E-state index contributed by atoms with van der Waals surface area (Å²) in [6.07, 6.45) is 1.10. The Morgan fingerprint density at radius 3 is 2.57 bits per heavy atom. The number of benzene rings is 2. The molecular weight excluding hydrogens is 411 g/mol. The monoisotopic (exact) mass is 436 g/mol. The van der Waals surface area contributed by atoms with Gasteiger partial charge < -0.3 is 14.8 Å². The molecule has 2 aromatic rings. The van der Waals surface area contributed by atoms with Crippen LogP contribution in [0, 0.1) is 18.7 Å². The Balaban J connectivity index is 1.78. The molecule has 1 heterocycles. The number of piperidine rings is 1. The molecule has 1 aliphatic rings. The third-order valence-electron chi connectivity index (χ3n) is 5.21. The number of methoxy groups -OCH3 is 2. The lowest BCUT2D eigenvalue weighted by Crippen LogP contribution is -2.43. The minimum absolute atomic E-state index is 0.0525. The summed E-state index contributed by atoms with van der Waals surface area (Å²) in [6.45, 7) is 2.14. The Morgan fingerprint density at radius 2 is 1.87 bits per heavy atom. The lowest BCUT2D eigenvalue weighted by Gasteiger charge is -2.31. The van der Waals surface area contributed by atoms with Gasteiger partial charge >= 0.3 is 0 Å². The number of halogens is 1. The standard InChI is InChI=1S/C21H25FN2O5S/c1-14-6-7-16(22)11-18(14)23-21(25)15-5-4-10-24(13-15)30(26,27)17-8-9-19(28-2)20(12-17)29-3/h6-9,11-12,15H,4-5,10,13H2,1-3H3,(H,23,25)/t15-/m1/s1. The van der Waals surface area contributed by atoms with Crippen molar-refractivity contribution >= 4 is 21.6 Å². The predicted octanol–water partition coefficient (Wildman–Crippen LogP) is 3.19. The quantitative estimate of drug-likeness (QED) is 0.752. The van der Waals surface area contributed by atoms with Gasteiger partial charge in [-0.1, -0.05) is 6.07 Å². The van der Waals surface area contributed by atoms with Crippen LogP contribution >= 0.6 is 0 Å². The van der Waals surface area contributed by atoms with Crippen LogP contribution in [0.15, 0.2) is 41.3 Å². The number of anilines is 1. The van der Waals surface area contributed by atoms with Crippen molar-refractivity contribution in [3.05, 3.63) is 47.8 Å². The van der Waals surface area contributed by atoms with Gasteiger partial charge in [0.2, 0.25) is 15.9 Å². The van der Waals surface area contributed by atoms with Crippen molar-refractivity contribution < 1.29 is 27.1 Å². The fourth-order valence-corrected chi connectivity index (χ4v) is 5.00. The Hall–Kier alpha value is -2.65. The number of carbonyl (C=O) groups excluding carboxylic acids is 1. The molecule has 0 radical (unpaired) electrons. The van der Waals surface area contributed by atoms with Gasteiger partial charge in [0.1, 0.15) is 5.82 Å². The molecule has 30 heavy (non-hydrogen) atoms. The molecule has 162 valence electrons. The van der Waals surface area contributed by atoms with E-state index in [0.29, 0.717) is 36.6 Å². The Bertz CT molecular complexity index is 1040. The lowest BCUT2D eigenvalue weighted by molar-refractivity contribution is -0.120. The van der Waals surface area contributed by atoms with Crippen molar-refractivity contribution in [3.63, 3.8) is 0 Å². The molecule has 9 heteroatoms. The number of hydrogen-bond donors (Lipinski definition) is 1. The van der Waals surface area contributed by atoms with Gasteiger partial charge in [0, 0.05) is 24.8 Å². The van der Waals surface area contributed by atoms with Gasteiger partial charge in [-0.05, 0) is 49.6 Å². The van der Waals surface area contributed by atoms with Gasteiger partial charge in [-0.2, -0.15) is 4.31 Å². The first-order valence-corrected chi connectivity index (χ1v) is 11.0. The van der Waals surface area contributed by atoms with Crippen LogP contribution in [0.3, 0.4) is 0 Å². The minimum atomic E-state index is -3.82. The summed E-state index contributed by atoms with van der Waals surface area (Å²) in [4.78, 5) is 12.8.